The Balaban J connectivity index is 3.17. The van der Waals surface area contributed by atoms with Crippen LogP contribution < -0.4 is 10.9 Å². The van der Waals surface area contributed by atoms with Crippen molar-refractivity contribution in [2.75, 3.05) is 5.73 Å². The molecule has 0 spiro atoms. The molecule has 2 N–H and O–H groups in total. The van der Waals surface area contributed by atoms with Crippen LogP contribution >= 0.6 is 0 Å². The van der Waals surface area contributed by atoms with Crippen LogP contribution in [0.5, 0.6) is 0 Å². The van der Waals surface area contributed by atoms with Crippen LogP contribution in [0.15, 0.2) is 18.2 Å². The van der Waals surface area contributed by atoms with Crippen molar-refractivity contribution in [2.24, 2.45) is 0 Å². The molecule has 0 saturated heterocycles. The molecule has 0 aliphatic carbocycles. The molecule has 0 aromatic heterocycles. The number of nitrogens with two attached hydrogens (primary N) is 1. The van der Waals surface area contributed by atoms with Crippen LogP contribution in [0.25, 0.3) is 0 Å². The van der Waals surface area contributed by atoms with Gasteiger partial charge in [0.15, 0.2) is 0 Å². The van der Waals surface area contributed by atoms with Crippen molar-refractivity contribution >= 4 is 21.1 Å². The first kappa shape index (κ1) is 6.36. The molecule has 1 aromatic rings. The van der Waals surface area contributed by atoms with Gasteiger partial charge in [-0.05, 0) is 24.6 Å². The Kier molecular flexibility index (Phi) is 1.58. The Morgan fingerprint density at radius 1 is 1.33 bits per heavy atom. The van der Waals surface area contributed by atoms with E-state index in [0.29, 0.717) is 0 Å². The fourth-order valence-corrected chi connectivity index (χ4v) is 1.21. The zero-order valence-electron chi connectivity index (χ0n) is 5.31. The average molecular weight is 134 g/mol. The predicted molar refractivity (Wildman–Crippen MR) is 41.0 cm³/mol. The van der Waals surface area contributed by atoms with Crippen LogP contribution in [-0.4, -0.2) is 10.2 Å². The third-order valence-electron chi connectivity index (χ3n) is 1.10. The molecule has 0 saturated carbocycles. The number of hydrogen-bond donors (Lipinski definition) is 1. The van der Waals surface area contributed by atoms with Crippen LogP contribution in [-0.2, 0) is 0 Å². The Hall–Kier alpha value is -0.763. The molecule has 1 nitrogen and oxygen atoms in total. The van der Waals surface area contributed by atoms with Crippen LogP contribution in [0.4, 0.5) is 5.69 Å². The highest BCUT2D eigenvalue weighted by Gasteiger charge is 1.88. The molecule has 9 heavy (non-hydrogen) atoms. The highest BCUT2D eigenvalue weighted by molar-refractivity contribution is 6.32. The maximum Gasteiger partial charge on any atom is 0.0712 e. The summed E-state index contributed by atoms with van der Waals surface area (Å²) in [4.78, 5) is 0. The summed E-state index contributed by atoms with van der Waals surface area (Å²) in [6.45, 7) is 2.01. The highest BCUT2D eigenvalue weighted by atomic mass is 28.1. The van der Waals surface area contributed by atoms with Gasteiger partial charge in [-0.15, -0.1) is 0 Å². The summed E-state index contributed by atoms with van der Waals surface area (Å²) >= 11 is 0. The fourth-order valence-electron chi connectivity index (χ4n) is 0.813. The van der Waals surface area contributed by atoms with Gasteiger partial charge in [-0.1, -0.05) is 11.3 Å². The monoisotopic (exact) mass is 134 g/mol. The highest BCUT2D eigenvalue weighted by Crippen LogP contribution is 2.01. The first-order valence-corrected chi connectivity index (χ1v) is 3.27. The minimum atomic E-state index is 0.806. The normalized spacial score (nSPS) is 9.56. The van der Waals surface area contributed by atoms with Gasteiger partial charge in [0, 0.05) is 5.69 Å². The van der Waals surface area contributed by atoms with Crippen molar-refractivity contribution in [3.63, 3.8) is 0 Å². The molecule has 0 unspecified atom stereocenters. The molecular weight excluding hydrogens is 126 g/mol. The molecule has 0 bridgehead atoms. The van der Waals surface area contributed by atoms with E-state index in [4.69, 9.17) is 5.73 Å². The van der Waals surface area contributed by atoms with E-state index in [9.17, 15) is 0 Å². The van der Waals surface area contributed by atoms with Gasteiger partial charge in [-0.2, -0.15) is 0 Å². The third kappa shape index (κ3) is 1.57. The largest absolute Gasteiger partial charge is 0.399 e. The first-order valence-electron chi connectivity index (χ1n) is 2.77. The minimum absolute atomic E-state index is 0.806. The lowest BCUT2D eigenvalue weighted by atomic mass is 10.2. The Morgan fingerprint density at radius 3 is 2.44 bits per heavy atom. The van der Waals surface area contributed by atoms with E-state index in [1.165, 1.54) is 5.56 Å². The van der Waals surface area contributed by atoms with Crippen LogP contribution in [0.3, 0.4) is 0 Å². The second kappa shape index (κ2) is 2.23. The van der Waals surface area contributed by atoms with Crippen LogP contribution in [0, 0.1) is 6.92 Å². The molecule has 45 valence electrons. The molecule has 0 amide bonds. The molecule has 1 rings (SSSR count). The van der Waals surface area contributed by atoms with Crippen LogP contribution in [0.1, 0.15) is 5.56 Å². The molecular formula is C7H8NSi. The van der Waals surface area contributed by atoms with Gasteiger partial charge in [0.25, 0.3) is 0 Å². The summed E-state index contributed by atoms with van der Waals surface area (Å²) < 4.78 is 0. The maximum atomic E-state index is 5.53. The van der Waals surface area contributed by atoms with E-state index in [1.807, 2.05) is 25.1 Å². The van der Waals surface area contributed by atoms with Gasteiger partial charge in [-0.25, -0.2) is 0 Å². The number of hydrogen-bond acceptors (Lipinski definition) is 1. The van der Waals surface area contributed by atoms with E-state index in [2.05, 4.69) is 10.2 Å². The van der Waals surface area contributed by atoms with Crippen molar-refractivity contribution in [1.82, 2.24) is 0 Å². The van der Waals surface area contributed by atoms with E-state index in [1.54, 1.807) is 0 Å². The number of nitrogen functional groups attached to an aromatic ring is 1. The Morgan fingerprint density at radius 2 is 2.00 bits per heavy atom. The summed E-state index contributed by atoms with van der Waals surface area (Å²) in [6, 6.07) is 5.83. The van der Waals surface area contributed by atoms with E-state index >= 15 is 0 Å². The van der Waals surface area contributed by atoms with Crippen LogP contribution in [0.2, 0.25) is 0 Å². The lowest BCUT2D eigenvalue weighted by Crippen LogP contribution is -2.03. The lowest BCUT2D eigenvalue weighted by molar-refractivity contribution is 1.49. The molecule has 0 fully saturated rings. The average Bonchev–Trinajstić information content (AvgIpc) is 1.59. The van der Waals surface area contributed by atoms with Gasteiger partial charge in [0.05, 0.1) is 10.2 Å². The molecule has 1 aromatic carbocycles. The molecule has 3 radical (unpaired) electrons. The van der Waals surface area contributed by atoms with Gasteiger partial charge in [0.1, 0.15) is 0 Å². The van der Waals surface area contributed by atoms with Crippen molar-refractivity contribution in [1.29, 1.82) is 0 Å². The molecule has 0 heterocycles. The summed E-state index contributed by atoms with van der Waals surface area (Å²) in [5, 5.41) is 1.03. The van der Waals surface area contributed by atoms with Crippen molar-refractivity contribution < 1.29 is 0 Å². The van der Waals surface area contributed by atoms with E-state index < -0.39 is 0 Å². The summed E-state index contributed by atoms with van der Waals surface area (Å²) in [5.41, 5.74) is 7.51. The maximum absolute atomic E-state index is 5.53. The van der Waals surface area contributed by atoms with Crippen molar-refractivity contribution in [2.45, 2.75) is 6.92 Å². The number of aryl methyl sites for hydroxylation is 1. The first-order chi connectivity index (χ1) is 4.18. The Labute approximate surface area is 58.3 Å². The van der Waals surface area contributed by atoms with Gasteiger partial charge in [0.2, 0.25) is 0 Å². The summed E-state index contributed by atoms with van der Waals surface area (Å²) in [5.74, 6) is 0. The van der Waals surface area contributed by atoms with Gasteiger partial charge >= 0.3 is 0 Å². The lowest BCUT2D eigenvalue weighted by Gasteiger charge is -1.96. The van der Waals surface area contributed by atoms with Gasteiger partial charge in [-0.3, -0.25) is 0 Å². The number of benzene rings is 1. The fraction of sp³-hybridized carbons (Fsp3) is 0.143. The standard InChI is InChI=1S/C7H8NSi/c1-5-2-6(8)4-7(9)3-5/h2-4H,8H2,1H3. The molecule has 0 atom stereocenters. The quantitative estimate of drug-likeness (QED) is 0.402. The number of rotatable bonds is 0. The smallest absolute Gasteiger partial charge is 0.0712 e. The van der Waals surface area contributed by atoms with E-state index in [-0.39, 0.29) is 0 Å². The SMILES string of the molecule is Cc1cc(N)cc([Si])c1. The second-order valence-electron chi connectivity index (χ2n) is 2.13. The van der Waals surface area contributed by atoms with Crippen molar-refractivity contribution in [3.05, 3.63) is 23.8 Å². The van der Waals surface area contributed by atoms with Gasteiger partial charge < -0.3 is 5.73 Å². The van der Waals surface area contributed by atoms with Crippen molar-refractivity contribution in [3.8, 4) is 0 Å². The Bertz CT molecular complexity index is 170. The molecule has 0 aliphatic heterocycles. The summed E-state index contributed by atoms with van der Waals surface area (Å²) in [6.07, 6.45) is 0. The predicted octanol–water partition coefficient (Wildman–Crippen LogP) is 0.371. The second-order valence-corrected chi connectivity index (χ2v) is 2.71. The molecule has 2 heteroatoms. The molecule has 0 aliphatic rings. The number of anilines is 1. The zero-order chi connectivity index (χ0) is 6.85. The third-order valence-corrected chi connectivity index (χ3v) is 1.39. The summed E-state index contributed by atoms with van der Waals surface area (Å²) in [7, 11) is 3.38. The zero-order valence-corrected chi connectivity index (χ0v) is 6.31. The minimum Gasteiger partial charge on any atom is -0.399 e. The van der Waals surface area contributed by atoms with E-state index in [0.717, 1.165) is 10.9 Å². The topological polar surface area (TPSA) is 26.0 Å².